The summed E-state index contributed by atoms with van der Waals surface area (Å²) in [7, 11) is -12.5. The molecule has 0 spiro atoms. The van der Waals surface area contributed by atoms with Gasteiger partial charge in [0.05, 0.1) is 0 Å². The van der Waals surface area contributed by atoms with Gasteiger partial charge in [-0.1, -0.05) is 0 Å². The molecule has 16 heteroatoms. The Balaban J connectivity index is 2.14. The highest BCUT2D eigenvalue weighted by molar-refractivity contribution is 7.88. The molecule has 6 nitrogen and oxygen atoms in total. The fourth-order valence-corrected chi connectivity index (χ4v) is 4.32. The van der Waals surface area contributed by atoms with E-state index in [1.165, 1.54) is 0 Å². The third-order valence-corrected chi connectivity index (χ3v) is 6.43. The molecule has 0 heterocycles. The number of rotatable bonds is 4. The van der Waals surface area contributed by atoms with Gasteiger partial charge in [-0.05, 0) is 18.6 Å². The molecular weight excluding hydrogens is 468 g/mol. The van der Waals surface area contributed by atoms with E-state index in [0.29, 0.717) is 12.1 Å². The average molecular weight is 476 g/mol. The minimum atomic E-state index is -6.25. The number of hydrogen-bond acceptors (Lipinski definition) is 6. The zero-order chi connectivity index (χ0) is 22.2. The van der Waals surface area contributed by atoms with Crippen LogP contribution in [0.25, 0.3) is 0 Å². The summed E-state index contributed by atoms with van der Waals surface area (Å²) in [6, 6.07) is 0.758. The predicted molar refractivity (Wildman–Crippen MR) is 77.5 cm³/mol. The zero-order valence-corrected chi connectivity index (χ0v) is 15.1. The van der Waals surface area contributed by atoms with Gasteiger partial charge in [-0.15, -0.1) is 0 Å². The standard InChI is InChI=1S/C13H8F8O6S2/c14-10-4-3-5(11(10)15)9-7(27-29(24,25)13(19,20)21)2-1-6(8(4)9)26-28(22,23)12(16,17)18/h1-2,4-5,10-11H,3H2. The van der Waals surface area contributed by atoms with Crippen LogP contribution in [0.4, 0.5) is 35.1 Å². The largest absolute Gasteiger partial charge is 0.534 e. The van der Waals surface area contributed by atoms with Gasteiger partial charge in [0.15, 0.2) is 0 Å². The van der Waals surface area contributed by atoms with Gasteiger partial charge in [0, 0.05) is 23.0 Å². The fourth-order valence-electron chi connectivity index (χ4n) is 3.37. The molecule has 0 radical (unpaired) electrons. The van der Waals surface area contributed by atoms with Gasteiger partial charge in [-0.2, -0.15) is 43.2 Å². The van der Waals surface area contributed by atoms with Gasteiger partial charge in [-0.25, -0.2) is 8.78 Å². The predicted octanol–water partition coefficient (Wildman–Crippen LogP) is 3.40. The molecule has 1 aromatic carbocycles. The van der Waals surface area contributed by atoms with E-state index in [0.717, 1.165) is 0 Å². The van der Waals surface area contributed by atoms with Crippen molar-refractivity contribution in [1.82, 2.24) is 0 Å². The van der Waals surface area contributed by atoms with E-state index in [9.17, 15) is 52.0 Å². The molecule has 164 valence electrons. The molecule has 2 aliphatic rings. The van der Waals surface area contributed by atoms with Crippen LogP contribution in [0.3, 0.4) is 0 Å². The second-order valence-corrected chi connectivity index (χ2v) is 9.27. The smallest absolute Gasteiger partial charge is 0.376 e. The van der Waals surface area contributed by atoms with Crippen molar-refractivity contribution in [1.29, 1.82) is 0 Å². The summed E-state index contributed by atoms with van der Waals surface area (Å²) in [5.74, 6) is -5.37. The van der Waals surface area contributed by atoms with E-state index in [2.05, 4.69) is 8.37 Å². The molecule has 2 bridgehead atoms. The van der Waals surface area contributed by atoms with Crippen molar-refractivity contribution < 1.29 is 60.3 Å². The maximum absolute atomic E-state index is 14.1. The van der Waals surface area contributed by atoms with E-state index in [-0.39, 0.29) is 0 Å². The van der Waals surface area contributed by atoms with Crippen LogP contribution in [0, 0.1) is 0 Å². The SMILES string of the molecule is O=S(=O)(Oc1ccc(OS(=O)(=O)C(F)(F)F)c2c1C1CC2C(F)C1F)C(F)(F)F. The Bertz CT molecular complexity index is 963. The van der Waals surface area contributed by atoms with Gasteiger partial charge >= 0.3 is 31.3 Å². The first-order valence-electron chi connectivity index (χ1n) is 7.44. The third kappa shape index (κ3) is 3.39. The Kier molecular flexibility index (Phi) is 4.77. The second-order valence-electron chi connectivity index (χ2n) is 6.19. The highest BCUT2D eigenvalue weighted by Gasteiger charge is 2.57. The Morgan fingerprint density at radius 2 is 1.03 bits per heavy atom. The maximum Gasteiger partial charge on any atom is 0.534 e. The molecule has 3 rings (SSSR count). The lowest BCUT2D eigenvalue weighted by atomic mass is 9.88. The molecule has 0 N–H and O–H groups in total. The lowest BCUT2D eigenvalue weighted by molar-refractivity contribution is -0.0506. The summed E-state index contributed by atoms with van der Waals surface area (Å²) >= 11 is 0. The molecule has 1 saturated carbocycles. The number of hydrogen-bond donors (Lipinski definition) is 0. The quantitative estimate of drug-likeness (QED) is 0.376. The van der Waals surface area contributed by atoms with Crippen LogP contribution in [-0.2, 0) is 20.2 Å². The van der Waals surface area contributed by atoms with Crippen LogP contribution in [0.5, 0.6) is 11.5 Å². The van der Waals surface area contributed by atoms with Crippen molar-refractivity contribution in [3.05, 3.63) is 23.3 Å². The Morgan fingerprint density at radius 3 is 1.31 bits per heavy atom. The average Bonchev–Trinajstić information content (AvgIpc) is 3.05. The second kappa shape index (κ2) is 6.33. The van der Waals surface area contributed by atoms with Crippen LogP contribution in [0.15, 0.2) is 12.1 Å². The van der Waals surface area contributed by atoms with Crippen LogP contribution in [0.1, 0.15) is 29.4 Å². The molecule has 0 saturated heterocycles. The van der Waals surface area contributed by atoms with Gasteiger partial charge in [0.1, 0.15) is 23.8 Å². The summed E-state index contributed by atoms with van der Waals surface area (Å²) < 4.78 is 156. The maximum atomic E-state index is 14.1. The summed E-state index contributed by atoms with van der Waals surface area (Å²) in [6.07, 6.45) is -5.11. The molecule has 2 aliphatic carbocycles. The molecule has 4 unspecified atom stereocenters. The molecule has 4 atom stereocenters. The van der Waals surface area contributed by atoms with Crippen molar-refractivity contribution in [3.63, 3.8) is 0 Å². The monoisotopic (exact) mass is 476 g/mol. The molecule has 0 aromatic heterocycles. The first-order valence-corrected chi connectivity index (χ1v) is 10.3. The highest BCUT2D eigenvalue weighted by Crippen LogP contribution is 2.61. The highest BCUT2D eigenvalue weighted by atomic mass is 32.2. The van der Waals surface area contributed by atoms with E-state index in [1.807, 2.05) is 0 Å². The minimum absolute atomic E-state index is 0.379. The van der Waals surface area contributed by atoms with Crippen molar-refractivity contribution in [2.24, 2.45) is 0 Å². The molecule has 0 amide bonds. The number of fused-ring (bicyclic) bond motifs is 5. The number of halogens is 8. The minimum Gasteiger partial charge on any atom is -0.376 e. The van der Waals surface area contributed by atoms with E-state index >= 15 is 0 Å². The Morgan fingerprint density at radius 1 is 0.724 bits per heavy atom. The lowest BCUT2D eigenvalue weighted by Gasteiger charge is -2.26. The van der Waals surface area contributed by atoms with Gasteiger partial charge in [0.25, 0.3) is 0 Å². The molecule has 29 heavy (non-hydrogen) atoms. The van der Waals surface area contributed by atoms with Gasteiger partial charge in [-0.3, -0.25) is 0 Å². The number of benzene rings is 1. The first-order chi connectivity index (χ1) is 13.0. The van der Waals surface area contributed by atoms with Crippen molar-refractivity contribution >= 4 is 20.2 Å². The molecular formula is C13H8F8O6S2. The zero-order valence-electron chi connectivity index (χ0n) is 13.5. The lowest BCUT2D eigenvalue weighted by Crippen LogP contribution is -2.31. The van der Waals surface area contributed by atoms with Gasteiger partial charge in [0.2, 0.25) is 0 Å². The Labute approximate surface area is 157 Å². The van der Waals surface area contributed by atoms with Crippen LogP contribution in [-0.4, -0.2) is 40.2 Å². The van der Waals surface area contributed by atoms with E-state index in [1.54, 1.807) is 0 Å². The van der Waals surface area contributed by atoms with Crippen molar-refractivity contribution in [2.75, 3.05) is 0 Å². The first kappa shape index (κ1) is 21.9. The summed E-state index contributed by atoms with van der Waals surface area (Å²) in [5, 5.41) is 0. The molecule has 0 aliphatic heterocycles. The van der Waals surface area contributed by atoms with E-state index in [4.69, 9.17) is 0 Å². The van der Waals surface area contributed by atoms with Gasteiger partial charge < -0.3 is 8.37 Å². The normalized spacial score (nSPS) is 27.0. The summed E-state index contributed by atoms with van der Waals surface area (Å²) in [5.41, 5.74) is -13.2. The van der Waals surface area contributed by atoms with Crippen LogP contribution < -0.4 is 8.37 Å². The van der Waals surface area contributed by atoms with Crippen molar-refractivity contribution in [2.45, 2.75) is 41.6 Å². The molecule has 1 fully saturated rings. The summed E-state index contributed by atoms with van der Waals surface area (Å²) in [6.45, 7) is 0. The third-order valence-electron chi connectivity index (χ3n) is 4.50. The van der Waals surface area contributed by atoms with Crippen molar-refractivity contribution in [3.8, 4) is 11.5 Å². The number of alkyl halides is 8. The fraction of sp³-hybridized carbons (Fsp3) is 0.538. The summed E-state index contributed by atoms with van der Waals surface area (Å²) in [4.78, 5) is 0. The topological polar surface area (TPSA) is 86.7 Å². The Hall–Kier alpha value is -1.84. The molecule has 1 aromatic rings. The van der Waals surface area contributed by atoms with E-state index < -0.39 is 84.5 Å². The van der Waals surface area contributed by atoms with Crippen LogP contribution >= 0.6 is 0 Å². The van der Waals surface area contributed by atoms with Crippen LogP contribution in [0.2, 0.25) is 0 Å².